The third-order valence-electron chi connectivity index (χ3n) is 5.30. The highest BCUT2D eigenvalue weighted by Gasteiger charge is 2.39. The summed E-state index contributed by atoms with van der Waals surface area (Å²) >= 11 is 1.99. The van der Waals surface area contributed by atoms with Crippen molar-refractivity contribution < 1.29 is 13.9 Å². The van der Waals surface area contributed by atoms with Gasteiger partial charge in [0.05, 0.1) is 13.2 Å². The summed E-state index contributed by atoms with van der Waals surface area (Å²) in [5.74, 6) is 2.06. The van der Waals surface area contributed by atoms with Gasteiger partial charge < -0.3 is 10.1 Å². The second kappa shape index (κ2) is 9.01. The van der Waals surface area contributed by atoms with Crippen LogP contribution >= 0.6 is 11.8 Å². The van der Waals surface area contributed by atoms with Gasteiger partial charge >= 0.3 is 0 Å². The number of hydrogen-bond acceptors (Lipinski definition) is 4. The van der Waals surface area contributed by atoms with E-state index in [1.807, 2.05) is 17.8 Å². The molecule has 0 saturated carbocycles. The van der Waals surface area contributed by atoms with Gasteiger partial charge in [-0.15, -0.1) is 0 Å². The lowest BCUT2D eigenvalue weighted by atomic mass is 9.89. The fourth-order valence-electron chi connectivity index (χ4n) is 3.69. The van der Waals surface area contributed by atoms with Crippen LogP contribution in [0.3, 0.4) is 0 Å². The molecule has 0 unspecified atom stereocenters. The number of aryl methyl sites for hydroxylation is 1. The van der Waals surface area contributed by atoms with E-state index in [4.69, 9.17) is 4.74 Å². The first-order valence-electron chi connectivity index (χ1n) is 9.10. The summed E-state index contributed by atoms with van der Waals surface area (Å²) in [4.78, 5) is 14.8. The van der Waals surface area contributed by atoms with E-state index >= 15 is 0 Å². The largest absolute Gasteiger partial charge is 0.379 e. The molecule has 1 amide bonds. The molecule has 0 radical (unpaired) electrons. The molecule has 0 spiro atoms. The predicted molar refractivity (Wildman–Crippen MR) is 99.4 cm³/mol. The number of carbonyl (C=O) groups excluding carboxylic acids is 1. The van der Waals surface area contributed by atoms with Crippen LogP contribution in [-0.4, -0.2) is 60.7 Å². The molecule has 2 aliphatic heterocycles. The number of benzene rings is 1. The summed E-state index contributed by atoms with van der Waals surface area (Å²) in [6.07, 6.45) is 2.98. The maximum absolute atomic E-state index is 13.7. The normalized spacial score (nSPS) is 21.0. The number of hydrogen-bond donors (Lipinski definition) is 1. The van der Waals surface area contributed by atoms with Crippen molar-refractivity contribution in [1.29, 1.82) is 0 Å². The fourth-order valence-corrected chi connectivity index (χ4v) is 4.95. The fraction of sp³-hybridized carbons (Fsp3) is 0.632. The Morgan fingerprint density at radius 2 is 1.96 bits per heavy atom. The molecule has 1 aromatic carbocycles. The smallest absolute Gasteiger partial charge is 0.220 e. The first-order valence-corrected chi connectivity index (χ1v) is 10.3. The van der Waals surface area contributed by atoms with E-state index in [-0.39, 0.29) is 17.3 Å². The van der Waals surface area contributed by atoms with Gasteiger partial charge in [-0.25, -0.2) is 4.39 Å². The first-order chi connectivity index (χ1) is 12.2. The van der Waals surface area contributed by atoms with Crippen LogP contribution in [-0.2, 0) is 16.0 Å². The van der Waals surface area contributed by atoms with Gasteiger partial charge in [-0.05, 0) is 42.4 Å². The molecule has 3 rings (SSSR count). The highest BCUT2D eigenvalue weighted by Crippen LogP contribution is 2.32. The minimum absolute atomic E-state index is 0.00844. The number of nitrogens with one attached hydrogen (secondary N) is 1. The van der Waals surface area contributed by atoms with Crippen LogP contribution in [0.25, 0.3) is 0 Å². The van der Waals surface area contributed by atoms with Crippen molar-refractivity contribution in [3.63, 3.8) is 0 Å². The van der Waals surface area contributed by atoms with Crippen LogP contribution in [0, 0.1) is 5.82 Å². The van der Waals surface area contributed by atoms with E-state index in [9.17, 15) is 9.18 Å². The van der Waals surface area contributed by atoms with Gasteiger partial charge in [-0.2, -0.15) is 11.8 Å². The molecule has 25 heavy (non-hydrogen) atoms. The van der Waals surface area contributed by atoms with Crippen molar-refractivity contribution in [2.24, 2.45) is 0 Å². The Balaban J connectivity index is 1.53. The highest BCUT2D eigenvalue weighted by atomic mass is 32.2. The number of rotatable bonds is 6. The van der Waals surface area contributed by atoms with Gasteiger partial charge in [0.1, 0.15) is 5.82 Å². The van der Waals surface area contributed by atoms with Crippen molar-refractivity contribution in [3.05, 3.63) is 35.6 Å². The van der Waals surface area contributed by atoms with Crippen molar-refractivity contribution in [2.75, 3.05) is 44.4 Å². The molecule has 0 aliphatic carbocycles. The molecule has 6 heteroatoms. The molecule has 0 atom stereocenters. The van der Waals surface area contributed by atoms with Crippen LogP contribution in [0.15, 0.2) is 24.3 Å². The Hall–Kier alpha value is -1.11. The molecule has 4 nitrogen and oxygen atoms in total. The Bertz CT molecular complexity index is 572. The van der Waals surface area contributed by atoms with Crippen LogP contribution in [0.4, 0.5) is 4.39 Å². The molecule has 1 aromatic rings. The molecule has 2 heterocycles. The summed E-state index contributed by atoms with van der Waals surface area (Å²) in [7, 11) is 0. The van der Waals surface area contributed by atoms with E-state index in [0.717, 1.165) is 50.7 Å². The molecular formula is C19H27FN2O2S. The average Bonchev–Trinajstić information content (AvgIpc) is 2.67. The van der Waals surface area contributed by atoms with Crippen molar-refractivity contribution >= 4 is 17.7 Å². The zero-order chi connectivity index (χ0) is 17.5. The topological polar surface area (TPSA) is 41.6 Å². The number of morpholine rings is 1. The first kappa shape index (κ1) is 18.7. The van der Waals surface area contributed by atoms with Gasteiger partial charge in [0.15, 0.2) is 0 Å². The number of halogens is 1. The Morgan fingerprint density at radius 3 is 2.68 bits per heavy atom. The quantitative estimate of drug-likeness (QED) is 0.840. The van der Waals surface area contributed by atoms with Gasteiger partial charge in [0, 0.05) is 31.6 Å². The van der Waals surface area contributed by atoms with Gasteiger partial charge in [-0.3, -0.25) is 9.69 Å². The lowest BCUT2D eigenvalue weighted by Crippen LogP contribution is -2.60. The van der Waals surface area contributed by atoms with Crippen molar-refractivity contribution in [3.8, 4) is 0 Å². The number of ether oxygens (including phenoxy) is 1. The van der Waals surface area contributed by atoms with E-state index in [2.05, 4.69) is 10.2 Å². The minimum atomic E-state index is -0.232. The molecular weight excluding hydrogens is 339 g/mol. The standard InChI is InChI=1S/C19H27FN2O2S/c20-17-4-2-1-3-16(17)5-6-18(23)21-15-19(7-13-25-14-8-19)22-9-11-24-12-10-22/h1-4H,5-15H2,(H,21,23). The monoisotopic (exact) mass is 366 g/mol. The lowest BCUT2D eigenvalue weighted by molar-refractivity contribution is -0.122. The summed E-state index contributed by atoms with van der Waals surface area (Å²) in [5.41, 5.74) is 0.664. The van der Waals surface area contributed by atoms with Crippen LogP contribution in [0.5, 0.6) is 0 Å². The van der Waals surface area contributed by atoms with E-state index in [1.54, 1.807) is 12.1 Å². The molecule has 2 aliphatic rings. The third-order valence-corrected chi connectivity index (χ3v) is 6.28. The number of amides is 1. The summed E-state index contributed by atoms with van der Waals surface area (Å²) in [6, 6.07) is 6.67. The Morgan fingerprint density at radius 1 is 1.24 bits per heavy atom. The summed E-state index contributed by atoms with van der Waals surface area (Å²) in [5, 5.41) is 3.13. The van der Waals surface area contributed by atoms with Crippen LogP contribution < -0.4 is 5.32 Å². The molecule has 0 aromatic heterocycles. The highest BCUT2D eigenvalue weighted by molar-refractivity contribution is 7.99. The SMILES string of the molecule is O=C(CCc1ccccc1F)NCC1(N2CCOCC2)CCSCC1. The summed E-state index contributed by atoms with van der Waals surface area (Å²) in [6.45, 7) is 4.11. The number of thioether (sulfide) groups is 1. The molecule has 0 bridgehead atoms. The second-order valence-corrected chi connectivity index (χ2v) is 8.03. The van der Waals surface area contributed by atoms with Gasteiger partial charge in [-0.1, -0.05) is 18.2 Å². The maximum atomic E-state index is 13.7. The maximum Gasteiger partial charge on any atom is 0.220 e. The minimum Gasteiger partial charge on any atom is -0.379 e. The second-order valence-electron chi connectivity index (χ2n) is 6.80. The molecule has 1 N–H and O–H groups in total. The number of carbonyl (C=O) groups is 1. The van der Waals surface area contributed by atoms with Crippen LogP contribution in [0.1, 0.15) is 24.8 Å². The van der Waals surface area contributed by atoms with Crippen LogP contribution in [0.2, 0.25) is 0 Å². The van der Waals surface area contributed by atoms with E-state index < -0.39 is 0 Å². The van der Waals surface area contributed by atoms with E-state index in [1.165, 1.54) is 6.07 Å². The zero-order valence-electron chi connectivity index (χ0n) is 14.6. The van der Waals surface area contributed by atoms with Gasteiger partial charge in [0.25, 0.3) is 0 Å². The van der Waals surface area contributed by atoms with Crippen molar-refractivity contribution in [1.82, 2.24) is 10.2 Å². The zero-order valence-corrected chi connectivity index (χ0v) is 15.5. The Labute approximate surface area is 153 Å². The van der Waals surface area contributed by atoms with Crippen molar-refractivity contribution in [2.45, 2.75) is 31.2 Å². The van der Waals surface area contributed by atoms with E-state index in [0.29, 0.717) is 24.9 Å². The molecule has 2 fully saturated rings. The molecule has 138 valence electrons. The number of nitrogens with zero attached hydrogens (tertiary/aromatic N) is 1. The van der Waals surface area contributed by atoms with Gasteiger partial charge in [0.2, 0.25) is 5.91 Å². The third kappa shape index (κ3) is 4.96. The Kier molecular flexibility index (Phi) is 6.73. The molecule has 2 saturated heterocycles. The predicted octanol–water partition coefficient (Wildman–Crippen LogP) is 2.47. The lowest BCUT2D eigenvalue weighted by Gasteiger charge is -2.48. The average molecular weight is 367 g/mol. The summed E-state index contributed by atoms with van der Waals surface area (Å²) < 4.78 is 19.2.